The van der Waals surface area contributed by atoms with Gasteiger partial charge >= 0.3 is 0 Å². The zero-order chi connectivity index (χ0) is 18.8. The van der Waals surface area contributed by atoms with E-state index in [9.17, 15) is 4.79 Å². The fourth-order valence-electron chi connectivity index (χ4n) is 4.54. The summed E-state index contributed by atoms with van der Waals surface area (Å²) in [5, 5.41) is 3.27. The SMILES string of the molecule is CNc1nc(C2CCN(C)CC2)nc2c1CCN(C(=O)C[C@H]1C=CCC1)C2. The molecule has 0 unspecified atom stereocenters. The number of carbonyl (C=O) groups excluding carboxylic acids is 1. The Kier molecular flexibility index (Phi) is 5.43. The van der Waals surface area contributed by atoms with Crippen LogP contribution in [0.3, 0.4) is 0 Å². The maximum Gasteiger partial charge on any atom is 0.223 e. The molecule has 1 saturated heterocycles. The second-order valence-corrected chi connectivity index (χ2v) is 8.22. The van der Waals surface area contributed by atoms with E-state index in [1.54, 1.807) is 0 Å². The summed E-state index contributed by atoms with van der Waals surface area (Å²) in [6, 6.07) is 0. The van der Waals surface area contributed by atoms with Crippen molar-refractivity contribution in [2.24, 2.45) is 5.92 Å². The van der Waals surface area contributed by atoms with E-state index in [1.807, 2.05) is 11.9 Å². The monoisotopic (exact) mass is 369 g/mol. The van der Waals surface area contributed by atoms with Gasteiger partial charge < -0.3 is 15.1 Å². The van der Waals surface area contributed by atoms with Crippen LogP contribution in [0, 0.1) is 5.92 Å². The highest BCUT2D eigenvalue weighted by Gasteiger charge is 2.28. The summed E-state index contributed by atoms with van der Waals surface area (Å²) in [5.41, 5.74) is 2.24. The molecule has 0 bridgehead atoms. The summed E-state index contributed by atoms with van der Waals surface area (Å²) in [5.74, 6) is 3.03. The first-order valence-corrected chi connectivity index (χ1v) is 10.3. The summed E-state index contributed by atoms with van der Waals surface area (Å²) in [6.45, 7) is 3.59. The lowest BCUT2D eigenvalue weighted by atomic mass is 9.95. The number of hydrogen-bond acceptors (Lipinski definition) is 5. The molecule has 4 rings (SSSR count). The number of hydrogen-bond donors (Lipinski definition) is 1. The van der Waals surface area contributed by atoms with Crippen molar-refractivity contribution in [2.75, 3.05) is 39.0 Å². The molecule has 6 nitrogen and oxygen atoms in total. The molecule has 146 valence electrons. The molecule has 3 heterocycles. The van der Waals surface area contributed by atoms with Crippen molar-refractivity contribution in [3.8, 4) is 0 Å². The Morgan fingerprint density at radius 2 is 2.04 bits per heavy atom. The number of piperidine rings is 1. The van der Waals surface area contributed by atoms with Crippen LogP contribution in [0.2, 0.25) is 0 Å². The number of likely N-dealkylation sites (tertiary alicyclic amines) is 1. The normalized spacial score (nSPS) is 23.5. The lowest BCUT2D eigenvalue weighted by molar-refractivity contribution is -0.132. The van der Waals surface area contributed by atoms with Crippen LogP contribution < -0.4 is 5.32 Å². The molecule has 1 fully saturated rings. The van der Waals surface area contributed by atoms with Gasteiger partial charge in [-0.3, -0.25) is 4.79 Å². The van der Waals surface area contributed by atoms with Crippen molar-refractivity contribution < 1.29 is 4.79 Å². The van der Waals surface area contributed by atoms with Gasteiger partial charge in [0, 0.05) is 31.5 Å². The zero-order valence-electron chi connectivity index (χ0n) is 16.6. The fourth-order valence-corrected chi connectivity index (χ4v) is 4.54. The highest BCUT2D eigenvalue weighted by Crippen LogP contribution is 2.31. The Labute approximate surface area is 162 Å². The van der Waals surface area contributed by atoms with Gasteiger partial charge in [-0.2, -0.15) is 0 Å². The third kappa shape index (κ3) is 4.00. The molecule has 1 N–H and O–H groups in total. The molecule has 0 saturated carbocycles. The Hall–Kier alpha value is -1.95. The van der Waals surface area contributed by atoms with E-state index in [0.717, 1.165) is 69.1 Å². The van der Waals surface area contributed by atoms with Gasteiger partial charge in [0.1, 0.15) is 11.6 Å². The van der Waals surface area contributed by atoms with Gasteiger partial charge in [0.05, 0.1) is 12.2 Å². The molecule has 2 aliphatic heterocycles. The lowest BCUT2D eigenvalue weighted by Gasteiger charge is -2.32. The fraction of sp³-hybridized carbons (Fsp3) is 0.667. The molecule has 1 aromatic rings. The second-order valence-electron chi connectivity index (χ2n) is 8.22. The van der Waals surface area contributed by atoms with Crippen LogP contribution in [0.15, 0.2) is 12.2 Å². The van der Waals surface area contributed by atoms with Gasteiger partial charge in [0.2, 0.25) is 5.91 Å². The number of amides is 1. The molecule has 0 aromatic carbocycles. The zero-order valence-corrected chi connectivity index (χ0v) is 16.6. The molecule has 3 aliphatic rings. The quantitative estimate of drug-likeness (QED) is 0.827. The van der Waals surface area contributed by atoms with Crippen LogP contribution >= 0.6 is 0 Å². The highest BCUT2D eigenvalue weighted by atomic mass is 16.2. The molecular formula is C21H31N5O. The van der Waals surface area contributed by atoms with Crippen LogP contribution in [0.5, 0.6) is 0 Å². The highest BCUT2D eigenvalue weighted by molar-refractivity contribution is 5.77. The molecular weight excluding hydrogens is 338 g/mol. The number of rotatable bonds is 4. The van der Waals surface area contributed by atoms with Crippen molar-refractivity contribution in [1.82, 2.24) is 19.8 Å². The van der Waals surface area contributed by atoms with E-state index >= 15 is 0 Å². The van der Waals surface area contributed by atoms with Crippen molar-refractivity contribution in [2.45, 2.75) is 51.0 Å². The van der Waals surface area contributed by atoms with Crippen LogP contribution in [0.25, 0.3) is 0 Å². The second kappa shape index (κ2) is 7.97. The van der Waals surface area contributed by atoms with Crippen molar-refractivity contribution in [3.05, 3.63) is 29.2 Å². The Balaban J connectivity index is 1.51. The standard InChI is InChI=1S/C21H31N5O/c1-22-21-17-9-12-26(19(27)13-15-5-3-4-6-15)14-18(17)23-20(24-21)16-7-10-25(2)11-8-16/h3,5,15-16H,4,6-14H2,1-2H3,(H,22,23,24)/t15-/m0/s1. The minimum Gasteiger partial charge on any atom is -0.373 e. The molecule has 0 radical (unpaired) electrons. The van der Waals surface area contributed by atoms with Gasteiger partial charge in [0.15, 0.2) is 0 Å². The molecule has 1 amide bonds. The first-order chi connectivity index (χ1) is 13.1. The van der Waals surface area contributed by atoms with Crippen molar-refractivity contribution in [1.29, 1.82) is 0 Å². The number of carbonyl (C=O) groups is 1. The van der Waals surface area contributed by atoms with Gasteiger partial charge in [-0.1, -0.05) is 12.2 Å². The number of anilines is 1. The summed E-state index contributed by atoms with van der Waals surface area (Å²) in [4.78, 5) is 26.9. The van der Waals surface area contributed by atoms with E-state index < -0.39 is 0 Å². The number of fused-ring (bicyclic) bond motifs is 1. The minimum atomic E-state index is 0.266. The maximum atomic E-state index is 12.8. The smallest absolute Gasteiger partial charge is 0.223 e. The van der Waals surface area contributed by atoms with E-state index in [-0.39, 0.29) is 5.91 Å². The van der Waals surface area contributed by atoms with Crippen LogP contribution in [0.4, 0.5) is 5.82 Å². The summed E-state index contributed by atoms with van der Waals surface area (Å²) in [7, 11) is 4.11. The Morgan fingerprint density at radius 3 is 2.74 bits per heavy atom. The van der Waals surface area contributed by atoms with Gasteiger partial charge in [-0.25, -0.2) is 9.97 Å². The van der Waals surface area contributed by atoms with Crippen molar-refractivity contribution >= 4 is 11.7 Å². The van der Waals surface area contributed by atoms with Crippen molar-refractivity contribution in [3.63, 3.8) is 0 Å². The molecule has 0 spiro atoms. The average molecular weight is 370 g/mol. The first-order valence-electron chi connectivity index (χ1n) is 10.3. The third-order valence-corrected chi connectivity index (χ3v) is 6.30. The van der Waals surface area contributed by atoms with Gasteiger partial charge in [-0.15, -0.1) is 0 Å². The summed E-state index contributed by atoms with van der Waals surface area (Å²) in [6.07, 6.45) is 10.3. The number of aromatic nitrogens is 2. The summed E-state index contributed by atoms with van der Waals surface area (Å²) >= 11 is 0. The Morgan fingerprint density at radius 1 is 1.22 bits per heavy atom. The first kappa shape index (κ1) is 18.4. The van der Waals surface area contributed by atoms with Crippen LogP contribution in [-0.4, -0.2) is 59.4 Å². The summed E-state index contributed by atoms with van der Waals surface area (Å²) < 4.78 is 0. The number of allylic oxidation sites excluding steroid dienone is 2. The van der Waals surface area contributed by atoms with E-state index in [2.05, 4.69) is 29.4 Å². The third-order valence-electron chi connectivity index (χ3n) is 6.30. The number of nitrogens with one attached hydrogen (secondary N) is 1. The lowest BCUT2D eigenvalue weighted by Crippen LogP contribution is -2.38. The van der Waals surface area contributed by atoms with Gasteiger partial charge in [0.25, 0.3) is 0 Å². The molecule has 27 heavy (non-hydrogen) atoms. The Bertz CT molecular complexity index is 724. The maximum absolute atomic E-state index is 12.8. The van der Waals surface area contributed by atoms with Crippen LogP contribution in [0.1, 0.15) is 55.1 Å². The van der Waals surface area contributed by atoms with E-state index in [0.29, 0.717) is 24.8 Å². The molecule has 6 heteroatoms. The predicted molar refractivity (Wildman–Crippen MR) is 107 cm³/mol. The molecule has 1 aliphatic carbocycles. The van der Waals surface area contributed by atoms with E-state index in [1.165, 1.54) is 5.56 Å². The predicted octanol–water partition coefficient (Wildman–Crippen LogP) is 2.57. The van der Waals surface area contributed by atoms with Crippen LogP contribution in [-0.2, 0) is 17.8 Å². The average Bonchev–Trinajstić information content (AvgIpc) is 3.20. The molecule has 1 atom stereocenters. The molecule has 1 aromatic heterocycles. The topological polar surface area (TPSA) is 61.4 Å². The van der Waals surface area contributed by atoms with E-state index in [4.69, 9.17) is 9.97 Å². The van der Waals surface area contributed by atoms with Gasteiger partial charge in [-0.05, 0) is 58.2 Å². The number of nitrogens with zero attached hydrogens (tertiary/aromatic N) is 4. The largest absolute Gasteiger partial charge is 0.373 e. The minimum absolute atomic E-state index is 0.266.